The lowest BCUT2D eigenvalue weighted by Gasteiger charge is -2.29. The zero-order valence-electron chi connectivity index (χ0n) is 17.3. The summed E-state index contributed by atoms with van der Waals surface area (Å²) >= 11 is 0. The maximum Gasteiger partial charge on any atom is 0.200 e. The molecule has 1 fully saturated rings. The fraction of sp³-hybridized carbons (Fsp3) is 0.440. The van der Waals surface area contributed by atoms with Crippen LogP contribution in [-0.4, -0.2) is 11.7 Å². The van der Waals surface area contributed by atoms with Crippen molar-refractivity contribution in [2.45, 2.75) is 57.5 Å². The Labute approximate surface area is 176 Å². The van der Waals surface area contributed by atoms with E-state index in [-0.39, 0.29) is 24.1 Å². The molecule has 0 amide bonds. The monoisotopic (exact) mass is 418 g/mol. The largest absolute Gasteiger partial charge is 0.486 e. The van der Waals surface area contributed by atoms with Crippen LogP contribution in [0.15, 0.2) is 43.0 Å². The SMILES string of the molecule is C=CCOc1ccc(C2CCC(CCc3ccc(C(C)O)cc3F)CC2)c(F)c1F. The van der Waals surface area contributed by atoms with Crippen LogP contribution in [0.2, 0.25) is 0 Å². The van der Waals surface area contributed by atoms with Crippen molar-refractivity contribution in [3.63, 3.8) is 0 Å². The highest BCUT2D eigenvalue weighted by Crippen LogP contribution is 2.40. The maximum absolute atomic E-state index is 14.5. The van der Waals surface area contributed by atoms with Crippen LogP contribution in [-0.2, 0) is 6.42 Å². The van der Waals surface area contributed by atoms with Gasteiger partial charge in [-0.2, -0.15) is 4.39 Å². The molecule has 3 rings (SSSR count). The Hall–Kier alpha value is -2.27. The van der Waals surface area contributed by atoms with Crippen molar-refractivity contribution < 1.29 is 23.0 Å². The van der Waals surface area contributed by atoms with Crippen LogP contribution in [0.1, 0.15) is 67.7 Å². The third-order valence-electron chi connectivity index (χ3n) is 6.10. The van der Waals surface area contributed by atoms with Crippen molar-refractivity contribution in [3.05, 3.63) is 77.1 Å². The molecule has 0 bridgehead atoms. The zero-order valence-corrected chi connectivity index (χ0v) is 17.3. The Morgan fingerprint density at radius 2 is 1.83 bits per heavy atom. The molecule has 162 valence electrons. The van der Waals surface area contributed by atoms with Crippen molar-refractivity contribution in [2.24, 2.45) is 5.92 Å². The summed E-state index contributed by atoms with van der Waals surface area (Å²) in [6, 6.07) is 8.03. The summed E-state index contributed by atoms with van der Waals surface area (Å²) in [5, 5.41) is 9.55. The minimum Gasteiger partial charge on any atom is -0.486 e. The van der Waals surface area contributed by atoms with Gasteiger partial charge in [0.15, 0.2) is 11.6 Å². The van der Waals surface area contributed by atoms with Gasteiger partial charge in [-0.15, -0.1) is 0 Å². The van der Waals surface area contributed by atoms with Gasteiger partial charge in [-0.1, -0.05) is 30.9 Å². The number of halogens is 3. The number of aliphatic hydroxyl groups excluding tert-OH is 1. The molecular weight excluding hydrogens is 389 g/mol. The molecule has 5 heteroatoms. The summed E-state index contributed by atoms with van der Waals surface area (Å²) in [6.45, 7) is 5.25. The van der Waals surface area contributed by atoms with Crippen LogP contribution >= 0.6 is 0 Å². The van der Waals surface area contributed by atoms with Crippen molar-refractivity contribution in [1.29, 1.82) is 0 Å². The average molecular weight is 418 g/mol. The average Bonchev–Trinajstić information content (AvgIpc) is 2.74. The second kappa shape index (κ2) is 10.2. The fourth-order valence-electron chi connectivity index (χ4n) is 4.27. The van der Waals surface area contributed by atoms with Crippen LogP contribution < -0.4 is 4.74 Å². The van der Waals surface area contributed by atoms with E-state index in [0.717, 1.165) is 32.1 Å². The number of hydrogen-bond acceptors (Lipinski definition) is 2. The van der Waals surface area contributed by atoms with E-state index >= 15 is 0 Å². The second-order valence-corrected chi connectivity index (χ2v) is 8.16. The van der Waals surface area contributed by atoms with E-state index in [2.05, 4.69) is 6.58 Å². The molecule has 30 heavy (non-hydrogen) atoms. The van der Waals surface area contributed by atoms with E-state index in [1.165, 1.54) is 18.2 Å². The number of rotatable bonds is 8. The number of aliphatic hydroxyl groups is 1. The van der Waals surface area contributed by atoms with Gasteiger partial charge in [0, 0.05) is 0 Å². The van der Waals surface area contributed by atoms with Crippen LogP contribution in [0.5, 0.6) is 5.75 Å². The molecule has 0 aliphatic heterocycles. The fourth-order valence-corrected chi connectivity index (χ4v) is 4.27. The Bertz CT molecular complexity index is 871. The van der Waals surface area contributed by atoms with Gasteiger partial charge < -0.3 is 9.84 Å². The summed E-state index contributed by atoms with van der Waals surface area (Å²) in [5.74, 6) is -1.69. The van der Waals surface area contributed by atoms with Crippen molar-refractivity contribution in [2.75, 3.05) is 6.61 Å². The quantitative estimate of drug-likeness (QED) is 0.488. The number of hydrogen-bond donors (Lipinski definition) is 1. The highest BCUT2D eigenvalue weighted by molar-refractivity contribution is 5.33. The molecule has 1 unspecified atom stereocenters. The van der Waals surface area contributed by atoms with Gasteiger partial charge in [0.05, 0.1) is 6.10 Å². The summed E-state index contributed by atoms with van der Waals surface area (Å²) in [5.41, 5.74) is 1.65. The maximum atomic E-state index is 14.5. The Balaban J connectivity index is 1.55. The van der Waals surface area contributed by atoms with Crippen LogP contribution in [0, 0.1) is 23.4 Å². The van der Waals surface area contributed by atoms with Crippen molar-refractivity contribution in [1.82, 2.24) is 0 Å². The van der Waals surface area contributed by atoms with Gasteiger partial charge in [0.1, 0.15) is 12.4 Å². The first-order valence-electron chi connectivity index (χ1n) is 10.6. The molecule has 0 aromatic heterocycles. The van der Waals surface area contributed by atoms with Gasteiger partial charge in [0.25, 0.3) is 0 Å². The van der Waals surface area contributed by atoms with E-state index in [9.17, 15) is 18.3 Å². The predicted molar refractivity (Wildman–Crippen MR) is 112 cm³/mol. The van der Waals surface area contributed by atoms with Crippen molar-refractivity contribution in [3.8, 4) is 5.75 Å². The van der Waals surface area contributed by atoms with Gasteiger partial charge in [-0.05, 0) is 86.1 Å². The number of ether oxygens (including phenoxy) is 1. The first-order chi connectivity index (χ1) is 14.4. The molecule has 0 saturated heterocycles. The molecule has 1 aliphatic rings. The van der Waals surface area contributed by atoms with Gasteiger partial charge >= 0.3 is 0 Å². The first-order valence-corrected chi connectivity index (χ1v) is 10.6. The lowest BCUT2D eigenvalue weighted by Crippen LogP contribution is -2.16. The molecule has 1 N–H and O–H groups in total. The molecule has 0 radical (unpaired) electrons. The topological polar surface area (TPSA) is 29.5 Å². The molecule has 1 aliphatic carbocycles. The molecule has 2 nitrogen and oxygen atoms in total. The van der Waals surface area contributed by atoms with Crippen molar-refractivity contribution >= 4 is 0 Å². The predicted octanol–water partition coefficient (Wildman–Crippen LogP) is 6.63. The van der Waals surface area contributed by atoms with E-state index < -0.39 is 17.7 Å². The summed E-state index contributed by atoms with van der Waals surface area (Å²) < 4.78 is 48.2. The molecule has 1 saturated carbocycles. The van der Waals surface area contributed by atoms with E-state index in [1.807, 2.05) is 0 Å². The summed E-state index contributed by atoms with van der Waals surface area (Å²) in [6.07, 6.45) is 5.70. The standard InChI is InChI=1S/C25H29F3O2/c1-3-14-30-23-13-12-21(24(27)25(23)28)18-7-4-17(5-8-18)6-9-19-10-11-20(16(2)29)15-22(19)26/h3,10-13,15-18,29H,1,4-9,14H2,2H3. The summed E-state index contributed by atoms with van der Waals surface area (Å²) in [4.78, 5) is 0. The Morgan fingerprint density at radius 1 is 1.10 bits per heavy atom. The molecule has 0 spiro atoms. The van der Waals surface area contributed by atoms with E-state index in [1.54, 1.807) is 25.1 Å². The van der Waals surface area contributed by atoms with Crippen LogP contribution in [0.3, 0.4) is 0 Å². The first kappa shape index (κ1) is 22.4. The van der Waals surface area contributed by atoms with Gasteiger partial charge in [-0.25, -0.2) is 8.78 Å². The molecule has 0 heterocycles. The normalized spacial score (nSPS) is 20.0. The third kappa shape index (κ3) is 5.25. The number of benzene rings is 2. The van der Waals surface area contributed by atoms with E-state index in [0.29, 0.717) is 29.0 Å². The lowest BCUT2D eigenvalue weighted by molar-refractivity contribution is 0.198. The second-order valence-electron chi connectivity index (χ2n) is 8.16. The Kier molecular flexibility index (Phi) is 7.59. The third-order valence-corrected chi connectivity index (χ3v) is 6.10. The minimum atomic E-state index is -0.937. The molecule has 1 atom stereocenters. The highest BCUT2D eigenvalue weighted by Gasteiger charge is 2.26. The number of aryl methyl sites for hydroxylation is 1. The minimum absolute atomic E-state index is 0.00809. The zero-order chi connectivity index (χ0) is 21.7. The van der Waals surface area contributed by atoms with Crippen LogP contribution in [0.4, 0.5) is 13.2 Å². The summed E-state index contributed by atoms with van der Waals surface area (Å²) in [7, 11) is 0. The van der Waals surface area contributed by atoms with E-state index in [4.69, 9.17) is 4.74 Å². The van der Waals surface area contributed by atoms with Gasteiger partial charge in [0.2, 0.25) is 5.82 Å². The molecular formula is C25H29F3O2. The van der Waals surface area contributed by atoms with Crippen LogP contribution in [0.25, 0.3) is 0 Å². The lowest BCUT2D eigenvalue weighted by atomic mass is 9.76. The smallest absolute Gasteiger partial charge is 0.200 e. The van der Waals surface area contributed by atoms with Gasteiger partial charge in [-0.3, -0.25) is 0 Å². The highest BCUT2D eigenvalue weighted by atomic mass is 19.2. The Morgan fingerprint density at radius 3 is 2.47 bits per heavy atom. The molecule has 2 aromatic carbocycles. The molecule has 2 aromatic rings.